The molecule has 0 amide bonds. The fraction of sp³-hybridized carbons (Fsp3) is 0.0769. The van der Waals surface area contributed by atoms with Crippen LogP contribution < -0.4 is 0 Å². The van der Waals surface area contributed by atoms with Crippen molar-refractivity contribution in [2.24, 2.45) is 0 Å². The van der Waals surface area contributed by atoms with Gasteiger partial charge >= 0.3 is 0 Å². The number of nitro benzene ring substituents is 1. The average Bonchev–Trinajstić information content (AvgIpc) is 2.39. The molecule has 19 heavy (non-hydrogen) atoms. The number of hydrogen-bond acceptors (Lipinski definition) is 4. The number of hydrogen-bond donors (Lipinski definition) is 1. The Morgan fingerprint density at radius 1 is 1.26 bits per heavy atom. The van der Waals surface area contributed by atoms with E-state index in [1.807, 2.05) is 24.3 Å². The van der Waals surface area contributed by atoms with Crippen LogP contribution in [0.3, 0.4) is 0 Å². The zero-order valence-electron chi connectivity index (χ0n) is 9.75. The Kier molecular flexibility index (Phi) is 4.57. The topological polar surface area (TPSA) is 63.4 Å². The number of benzene rings is 2. The molecule has 2 aromatic rings. The van der Waals surface area contributed by atoms with Crippen molar-refractivity contribution in [3.63, 3.8) is 0 Å². The summed E-state index contributed by atoms with van der Waals surface area (Å²) in [4.78, 5) is 12.0. The summed E-state index contributed by atoms with van der Waals surface area (Å²) < 4.78 is 0.963. The molecule has 98 valence electrons. The summed E-state index contributed by atoms with van der Waals surface area (Å²) in [5, 5.41) is 20.0. The summed E-state index contributed by atoms with van der Waals surface area (Å²) in [5.41, 5.74) is 0.543. The van der Waals surface area contributed by atoms with Crippen LogP contribution in [0, 0.1) is 10.1 Å². The first-order valence-corrected chi connectivity index (χ1v) is 7.02. The highest BCUT2D eigenvalue weighted by atomic mass is 79.9. The van der Waals surface area contributed by atoms with Crippen LogP contribution in [0.4, 0.5) is 5.69 Å². The summed E-state index contributed by atoms with van der Waals surface area (Å²) in [6.07, 6.45) is 0. The molecular formula is C13H10BrNO3S. The molecule has 0 unspecified atom stereocenters. The Morgan fingerprint density at radius 3 is 2.68 bits per heavy atom. The van der Waals surface area contributed by atoms with Gasteiger partial charge in [-0.05, 0) is 29.8 Å². The van der Waals surface area contributed by atoms with Crippen molar-refractivity contribution in [1.82, 2.24) is 0 Å². The van der Waals surface area contributed by atoms with Gasteiger partial charge in [0.2, 0.25) is 0 Å². The number of nitro groups is 1. The maximum absolute atomic E-state index is 10.7. The highest BCUT2D eigenvalue weighted by molar-refractivity contribution is 9.10. The van der Waals surface area contributed by atoms with Gasteiger partial charge in [-0.1, -0.05) is 33.8 Å². The maximum Gasteiger partial charge on any atom is 0.269 e. The minimum Gasteiger partial charge on any atom is -0.392 e. The van der Waals surface area contributed by atoms with E-state index in [9.17, 15) is 15.2 Å². The van der Waals surface area contributed by atoms with Gasteiger partial charge < -0.3 is 5.11 Å². The third-order valence-electron chi connectivity index (χ3n) is 2.45. The highest BCUT2D eigenvalue weighted by Crippen LogP contribution is 2.33. The van der Waals surface area contributed by atoms with Crippen LogP contribution in [0.5, 0.6) is 0 Å². The van der Waals surface area contributed by atoms with Gasteiger partial charge in [-0.3, -0.25) is 10.1 Å². The lowest BCUT2D eigenvalue weighted by atomic mass is 10.2. The maximum atomic E-state index is 10.7. The van der Waals surface area contributed by atoms with Gasteiger partial charge in [0.1, 0.15) is 0 Å². The second-order valence-electron chi connectivity index (χ2n) is 3.77. The van der Waals surface area contributed by atoms with Crippen molar-refractivity contribution in [3.8, 4) is 0 Å². The molecule has 1 N–H and O–H groups in total. The van der Waals surface area contributed by atoms with Crippen molar-refractivity contribution < 1.29 is 10.0 Å². The number of non-ortho nitro benzene ring substituents is 1. The lowest BCUT2D eigenvalue weighted by Crippen LogP contribution is -1.93. The Balaban J connectivity index is 2.32. The lowest BCUT2D eigenvalue weighted by Gasteiger charge is -2.07. The molecule has 0 heterocycles. The van der Waals surface area contributed by atoms with Crippen LogP contribution in [0.15, 0.2) is 56.7 Å². The largest absolute Gasteiger partial charge is 0.392 e. The van der Waals surface area contributed by atoms with Crippen LogP contribution in [0.2, 0.25) is 0 Å². The number of rotatable bonds is 4. The Bertz CT molecular complexity index is 619. The SMILES string of the molecule is O=[N+]([O-])c1ccc(Sc2cccc(Br)c2)c(CO)c1. The van der Waals surface area contributed by atoms with Gasteiger partial charge in [0.25, 0.3) is 5.69 Å². The van der Waals surface area contributed by atoms with E-state index in [1.165, 1.54) is 23.9 Å². The van der Waals surface area contributed by atoms with Crippen molar-refractivity contribution in [2.75, 3.05) is 0 Å². The molecule has 4 nitrogen and oxygen atoms in total. The zero-order valence-corrected chi connectivity index (χ0v) is 12.1. The molecule has 0 aliphatic rings. The minimum absolute atomic E-state index is 0.0114. The van der Waals surface area contributed by atoms with Crippen molar-refractivity contribution in [1.29, 1.82) is 0 Å². The first-order chi connectivity index (χ1) is 9.10. The molecule has 0 saturated heterocycles. The van der Waals surface area contributed by atoms with Crippen LogP contribution >= 0.6 is 27.7 Å². The van der Waals surface area contributed by atoms with Gasteiger partial charge in [-0.25, -0.2) is 0 Å². The summed E-state index contributed by atoms with van der Waals surface area (Å²) in [7, 11) is 0. The van der Waals surface area contributed by atoms with Gasteiger partial charge in [0.05, 0.1) is 11.5 Å². The Hall–Kier alpha value is -1.37. The minimum atomic E-state index is -0.466. The molecule has 0 spiro atoms. The van der Waals surface area contributed by atoms with E-state index in [0.717, 1.165) is 14.3 Å². The molecule has 0 radical (unpaired) electrons. The molecule has 0 aliphatic heterocycles. The molecule has 6 heteroatoms. The van der Waals surface area contributed by atoms with E-state index in [1.54, 1.807) is 6.07 Å². The van der Waals surface area contributed by atoms with E-state index in [2.05, 4.69) is 15.9 Å². The van der Waals surface area contributed by atoms with E-state index in [-0.39, 0.29) is 12.3 Å². The smallest absolute Gasteiger partial charge is 0.269 e. The lowest BCUT2D eigenvalue weighted by molar-refractivity contribution is -0.385. The Morgan fingerprint density at radius 2 is 2.05 bits per heavy atom. The number of halogens is 1. The molecule has 2 rings (SSSR count). The molecule has 0 saturated carbocycles. The predicted molar refractivity (Wildman–Crippen MR) is 77.3 cm³/mol. The fourth-order valence-electron chi connectivity index (χ4n) is 1.56. The van der Waals surface area contributed by atoms with Gasteiger partial charge in [-0.15, -0.1) is 0 Å². The molecule has 0 atom stereocenters. The monoisotopic (exact) mass is 339 g/mol. The molecule has 0 aliphatic carbocycles. The van der Waals surface area contributed by atoms with E-state index < -0.39 is 4.92 Å². The summed E-state index contributed by atoms with van der Waals surface area (Å²) in [6.45, 7) is -0.224. The number of aliphatic hydroxyl groups excluding tert-OH is 1. The Labute approximate surface area is 122 Å². The van der Waals surface area contributed by atoms with Crippen LogP contribution in [-0.2, 0) is 6.61 Å². The van der Waals surface area contributed by atoms with Crippen LogP contribution in [-0.4, -0.2) is 10.0 Å². The normalized spacial score (nSPS) is 10.4. The quantitative estimate of drug-likeness (QED) is 0.675. The standard InChI is InChI=1S/C13H10BrNO3S/c14-10-2-1-3-12(7-10)19-13-5-4-11(15(17)18)6-9(13)8-16/h1-7,16H,8H2. The first kappa shape index (κ1) is 14.0. The van der Waals surface area contributed by atoms with E-state index in [0.29, 0.717) is 5.56 Å². The number of nitrogens with zero attached hydrogens (tertiary/aromatic N) is 1. The van der Waals surface area contributed by atoms with E-state index >= 15 is 0 Å². The predicted octanol–water partition coefficient (Wildman–Crippen LogP) is 4.00. The van der Waals surface area contributed by atoms with Crippen molar-refractivity contribution >= 4 is 33.4 Å². The van der Waals surface area contributed by atoms with Gasteiger partial charge in [-0.2, -0.15) is 0 Å². The number of aliphatic hydroxyl groups is 1. The summed E-state index contributed by atoms with van der Waals surface area (Å²) in [5.74, 6) is 0. The molecule has 0 bridgehead atoms. The summed E-state index contributed by atoms with van der Waals surface area (Å²) in [6, 6.07) is 12.2. The molecule has 2 aromatic carbocycles. The third kappa shape index (κ3) is 3.56. The third-order valence-corrected chi connectivity index (χ3v) is 4.05. The average molecular weight is 340 g/mol. The first-order valence-electron chi connectivity index (χ1n) is 5.42. The van der Waals surface area contributed by atoms with E-state index in [4.69, 9.17) is 0 Å². The second-order valence-corrected chi connectivity index (χ2v) is 5.80. The van der Waals surface area contributed by atoms with Gasteiger partial charge in [0.15, 0.2) is 0 Å². The molecule has 0 aromatic heterocycles. The summed E-state index contributed by atoms with van der Waals surface area (Å²) >= 11 is 4.85. The van der Waals surface area contributed by atoms with Crippen LogP contribution in [0.25, 0.3) is 0 Å². The van der Waals surface area contributed by atoms with Crippen molar-refractivity contribution in [3.05, 3.63) is 62.6 Å². The molecule has 0 fully saturated rings. The van der Waals surface area contributed by atoms with Crippen molar-refractivity contribution in [2.45, 2.75) is 16.4 Å². The van der Waals surface area contributed by atoms with Crippen LogP contribution in [0.1, 0.15) is 5.56 Å². The fourth-order valence-corrected chi connectivity index (χ4v) is 3.09. The van der Waals surface area contributed by atoms with Gasteiger partial charge in [0, 0.05) is 26.4 Å². The highest BCUT2D eigenvalue weighted by Gasteiger charge is 2.11. The molecular weight excluding hydrogens is 330 g/mol. The second kappa shape index (κ2) is 6.18. The zero-order chi connectivity index (χ0) is 13.8.